The number of anilines is 2. The standard InChI is InChI=1S/C13H20N4O3/c1-3-14-12-5-4-11(17(18)19)13(15-12)16(2)10-6-8-20-9-7-10/h4-5,10H,3,6-9H2,1-2H3,(H,14,15). The van der Waals surface area contributed by atoms with Gasteiger partial charge in [-0.05, 0) is 25.8 Å². The van der Waals surface area contributed by atoms with Gasteiger partial charge in [-0.15, -0.1) is 0 Å². The van der Waals surface area contributed by atoms with Gasteiger partial charge in [-0.2, -0.15) is 0 Å². The summed E-state index contributed by atoms with van der Waals surface area (Å²) in [6.07, 6.45) is 1.72. The third-order valence-corrected chi connectivity index (χ3v) is 3.48. The van der Waals surface area contributed by atoms with Crippen LogP contribution in [0.2, 0.25) is 0 Å². The number of nitro groups is 1. The quantitative estimate of drug-likeness (QED) is 0.656. The average Bonchev–Trinajstić information content (AvgIpc) is 2.47. The van der Waals surface area contributed by atoms with Crippen LogP contribution in [0.5, 0.6) is 0 Å². The monoisotopic (exact) mass is 280 g/mol. The number of nitrogens with one attached hydrogen (secondary N) is 1. The van der Waals surface area contributed by atoms with Crippen LogP contribution in [0.1, 0.15) is 19.8 Å². The van der Waals surface area contributed by atoms with Crippen molar-refractivity contribution in [1.82, 2.24) is 4.98 Å². The lowest BCUT2D eigenvalue weighted by molar-refractivity contribution is -0.384. The number of pyridine rings is 1. The fourth-order valence-corrected chi connectivity index (χ4v) is 2.37. The van der Waals surface area contributed by atoms with E-state index in [1.807, 2.05) is 18.9 Å². The summed E-state index contributed by atoms with van der Waals surface area (Å²) in [6, 6.07) is 3.38. The molecule has 2 heterocycles. The highest BCUT2D eigenvalue weighted by atomic mass is 16.6. The van der Waals surface area contributed by atoms with Crippen molar-refractivity contribution in [1.29, 1.82) is 0 Å². The van der Waals surface area contributed by atoms with E-state index in [-0.39, 0.29) is 16.7 Å². The molecule has 0 amide bonds. The van der Waals surface area contributed by atoms with Gasteiger partial charge in [0.1, 0.15) is 5.82 Å². The first-order chi connectivity index (χ1) is 9.63. The summed E-state index contributed by atoms with van der Waals surface area (Å²) in [5, 5.41) is 14.3. The number of nitrogens with zero attached hydrogens (tertiary/aromatic N) is 3. The number of rotatable bonds is 5. The Hall–Kier alpha value is -1.89. The molecule has 2 rings (SSSR count). The molecule has 1 aromatic rings. The van der Waals surface area contributed by atoms with E-state index in [0.717, 1.165) is 19.4 Å². The fourth-order valence-electron chi connectivity index (χ4n) is 2.37. The van der Waals surface area contributed by atoms with Crippen molar-refractivity contribution >= 4 is 17.3 Å². The van der Waals surface area contributed by atoms with Crippen LogP contribution >= 0.6 is 0 Å². The van der Waals surface area contributed by atoms with Crippen molar-refractivity contribution in [3.8, 4) is 0 Å². The Balaban J connectivity index is 2.30. The molecule has 1 aliphatic rings. The summed E-state index contributed by atoms with van der Waals surface area (Å²) in [6.45, 7) is 4.07. The molecule has 0 spiro atoms. The zero-order chi connectivity index (χ0) is 14.5. The van der Waals surface area contributed by atoms with Crippen LogP contribution in [-0.2, 0) is 4.74 Å². The highest BCUT2D eigenvalue weighted by Crippen LogP contribution is 2.30. The maximum atomic E-state index is 11.2. The second kappa shape index (κ2) is 6.51. The molecule has 0 atom stereocenters. The third kappa shape index (κ3) is 3.16. The topological polar surface area (TPSA) is 80.5 Å². The maximum absolute atomic E-state index is 11.2. The molecular formula is C13H20N4O3. The highest BCUT2D eigenvalue weighted by molar-refractivity contribution is 5.62. The Bertz CT molecular complexity index is 475. The number of hydrogen-bond donors (Lipinski definition) is 1. The molecule has 1 saturated heterocycles. The minimum Gasteiger partial charge on any atom is -0.381 e. The van der Waals surface area contributed by atoms with Gasteiger partial charge < -0.3 is 15.0 Å². The minimum absolute atomic E-state index is 0.0423. The van der Waals surface area contributed by atoms with Crippen molar-refractivity contribution in [2.24, 2.45) is 0 Å². The molecule has 0 unspecified atom stereocenters. The number of hydrogen-bond acceptors (Lipinski definition) is 6. The molecule has 20 heavy (non-hydrogen) atoms. The Kier molecular flexibility index (Phi) is 4.73. The van der Waals surface area contributed by atoms with E-state index in [1.54, 1.807) is 6.07 Å². The van der Waals surface area contributed by atoms with Crippen LogP contribution in [0.25, 0.3) is 0 Å². The van der Waals surface area contributed by atoms with Gasteiger partial charge in [-0.1, -0.05) is 0 Å². The second-order valence-corrected chi connectivity index (χ2v) is 4.78. The summed E-state index contributed by atoms with van der Waals surface area (Å²) < 4.78 is 5.33. The number of aromatic nitrogens is 1. The predicted octanol–water partition coefficient (Wildman–Crippen LogP) is 2.04. The van der Waals surface area contributed by atoms with E-state index < -0.39 is 0 Å². The molecule has 0 bridgehead atoms. The molecule has 0 aromatic carbocycles. The average molecular weight is 280 g/mol. The maximum Gasteiger partial charge on any atom is 0.311 e. The molecule has 7 nitrogen and oxygen atoms in total. The van der Waals surface area contributed by atoms with Crippen LogP contribution < -0.4 is 10.2 Å². The summed E-state index contributed by atoms with van der Waals surface area (Å²) in [4.78, 5) is 17.1. The molecule has 1 aliphatic heterocycles. The van der Waals surface area contributed by atoms with E-state index in [0.29, 0.717) is 24.8 Å². The van der Waals surface area contributed by atoms with Crippen molar-refractivity contribution in [3.63, 3.8) is 0 Å². The first-order valence-corrected chi connectivity index (χ1v) is 6.83. The largest absolute Gasteiger partial charge is 0.381 e. The van der Waals surface area contributed by atoms with E-state index >= 15 is 0 Å². The molecule has 1 N–H and O–H groups in total. The van der Waals surface area contributed by atoms with Crippen LogP contribution in [0.15, 0.2) is 12.1 Å². The molecule has 0 radical (unpaired) electrons. The Morgan fingerprint density at radius 2 is 2.20 bits per heavy atom. The SMILES string of the molecule is CCNc1ccc([N+](=O)[O-])c(N(C)C2CCOCC2)n1. The van der Waals surface area contributed by atoms with Gasteiger partial charge in [0.15, 0.2) is 0 Å². The van der Waals surface area contributed by atoms with Crippen molar-refractivity contribution in [2.45, 2.75) is 25.8 Å². The van der Waals surface area contributed by atoms with Crippen LogP contribution in [0.4, 0.5) is 17.3 Å². The van der Waals surface area contributed by atoms with Gasteiger partial charge in [0.25, 0.3) is 0 Å². The normalized spacial score (nSPS) is 15.9. The number of ether oxygens (including phenoxy) is 1. The zero-order valence-electron chi connectivity index (χ0n) is 11.8. The fraction of sp³-hybridized carbons (Fsp3) is 0.615. The van der Waals surface area contributed by atoms with Crippen LogP contribution in [0.3, 0.4) is 0 Å². The predicted molar refractivity (Wildman–Crippen MR) is 77.3 cm³/mol. The van der Waals surface area contributed by atoms with Gasteiger partial charge in [0.05, 0.1) is 4.92 Å². The van der Waals surface area contributed by atoms with Crippen molar-refractivity contribution in [2.75, 3.05) is 37.0 Å². The van der Waals surface area contributed by atoms with Gasteiger partial charge in [0, 0.05) is 38.9 Å². The Morgan fingerprint density at radius 3 is 2.80 bits per heavy atom. The molecule has 0 saturated carbocycles. The van der Waals surface area contributed by atoms with Crippen molar-refractivity contribution < 1.29 is 9.66 Å². The minimum atomic E-state index is -0.381. The summed E-state index contributed by atoms with van der Waals surface area (Å²) >= 11 is 0. The molecule has 0 aliphatic carbocycles. The van der Waals surface area contributed by atoms with Crippen molar-refractivity contribution in [3.05, 3.63) is 22.2 Å². The van der Waals surface area contributed by atoms with E-state index in [2.05, 4.69) is 10.3 Å². The first kappa shape index (κ1) is 14.5. The smallest absolute Gasteiger partial charge is 0.311 e. The highest BCUT2D eigenvalue weighted by Gasteiger charge is 2.26. The molecular weight excluding hydrogens is 260 g/mol. The lowest BCUT2D eigenvalue weighted by Crippen LogP contribution is -2.37. The lowest BCUT2D eigenvalue weighted by atomic mass is 10.1. The zero-order valence-corrected chi connectivity index (χ0v) is 11.8. The first-order valence-electron chi connectivity index (χ1n) is 6.83. The molecule has 1 fully saturated rings. The van der Waals surface area contributed by atoms with Crippen LogP contribution in [-0.4, -0.2) is 42.8 Å². The Morgan fingerprint density at radius 1 is 1.50 bits per heavy atom. The molecule has 1 aromatic heterocycles. The summed E-state index contributed by atoms with van der Waals surface area (Å²) in [5.41, 5.74) is 0.0423. The van der Waals surface area contributed by atoms with E-state index in [9.17, 15) is 10.1 Å². The Labute approximate surface area is 118 Å². The van der Waals surface area contributed by atoms with E-state index in [4.69, 9.17) is 4.74 Å². The molecule has 110 valence electrons. The summed E-state index contributed by atoms with van der Waals surface area (Å²) in [7, 11) is 1.86. The van der Waals surface area contributed by atoms with Gasteiger partial charge in [0.2, 0.25) is 5.82 Å². The van der Waals surface area contributed by atoms with Crippen LogP contribution in [0, 0.1) is 10.1 Å². The second-order valence-electron chi connectivity index (χ2n) is 4.78. The third-order valence-electron chi connectivity index (χ3n) is 3.48. The van der Waals surface area contributed by atoms with E-state index in [1.165, 1.54) is 6.07 Å². The van der Waals surface area contributed by atoms with Gasteiger partial charge in [-0.3, -0.25) is 10.1 Å². The van der Waals surface area contributed by atoms with Gasteiger partial charge in [-0.25, -0.2) is 4.98 Å². The van der Waals surface area contributed by atoms with Gasteiger partial charge >= 0.3 is 5.69 Å². The lowest BCUT2D eigenvalue weighted by Gasteiger charge is -2.31. The molecule has 7 heteroatoms. The summed E-state index contributed by atoms with van der Waals surface area (Å²) in [5.74, 6) is 1.08.